The van der Waals surface area contributed by atoms with E-state index in [1.807, 2.05) is 6.07 Å². The summed E-state index contributed by atoms with van der Waals surface area (Å²) in [4.78, 5) is 37.0. The van der Waals surface area contributed by atoms with Gasteiger partial charge < -0.3 is 20.4 Å². The van der Waals surface area contributed by atoms with Gasteiger partial charge in [-0.2, -0.15) is 0 Å². The third-order valence-electron chi connectivity index (χ3n) is 6.58. The summed E-state index contributed by atoms with van der Waals surface area (Å²) in [6.07, 6.45) is 3.22. The van der Waals surface area contributed by atoms with Crippen LogP contribution >= 0.6 is 11.6 Å². The molecular weight excluding hydrogens is 578 g/mol. The summed E-state index contributed by atoms with van der Waals surface area (Å²) in [6, 6.07) is 12.0. The monoisotopic (exact) mass is 610 g/mol. The number of hydrogen-bond donors (Lipinski definition) is 4. The zero-order chi connectivity index (χ0) is 30.9. The van der Waals surface area contributed by atoms with Crippen LogP contribution in [-0.2, 0) is 11.3 Å². The van der Waals surface area contributed by atoms with E-state index in [1.165, 1.54) is 0 Å². The molecule has 2 heterocycles. The molecule has 0 bridgehead atoms. The minimum atomic E-state index is -0.944. The highest BCUT2D eigenvalue weighted by molar-refractivity contribution is 6.32. The van der Waals surface area contributed by atoms with Crippen LogP contribution in [0.2, 0.25) is 5.15 Å². The average molecular weight is 611 g/mol. The first-order valence-electron chi connectivity index (χ1n) is 13.9. The number of carbonyl (C=O) groups excluding carboxylic acids is 2. The lowest BCUT2D eigenvalue weighted by molar-refractivity contribution is 0.0925. The summed E-state index contributed by atoms with van der Waals surface area (Å²) in [5.74, 6) is -2.47. The first-order valence-corrected chi connectivity index (χ1v) is 14.3. The van der Waals surface area contributed by atoms with E-state index in [0.717, 1.165) is 25.0 Å². The van der Waals surface area contributed by atoms with Crippen molar-refractivity contribution in [3.63, 3.8) is 0 Å². The minimum Gasteiger partial charge on any atom is -0.443 e. The predicted molar refractivity (Wildman–Crippen MR) is 162 cm³/mol. The Labute approximate surface area is 253 Å². The Bertz CT molecular complexity index is 1560. The largest absolute Gasteiger partial charge is 0.443 e. The summed E-state index contributed by atoms with van der Waals surface area (Å²) in [5, 5.41) is 8.95. The molecule has 9 nitrogen and oxygen atoms in total. The maximum absolute atomic E-state index is 14.4. The minimum absolute atomic E-state index is 0.0242. The molecule has 0 aliphatic rings. The van der Waals surface area contributed by atoms with Gasteiger partial charge in [0.05, 0.1) is 11.7 Å². The maximum atomic E-state index is 14.4. The van der Waals surface area contributed by atoms with Gasteiger partial charge in [0.25, 0.3) is 5.91 Å². The highest BCUT2D eigenvalue weighted by atomic mass is 35.5. The second kappa shape index (κ2) is 14.6. The van der Waals surface area contributed by atoms with Crippen molar-refractivity contribution >= 4 is 35.0 Å². The number of amides is 2. The molecule has 0 aliphatic heterocycles. The Hall–Kier alpha value is -4.51. The number of nitrogens with one attached hydrogen (secondary N) is 4. The summed E-state index contributed by atoms with van der Waals surface area (Å²) in [5.41, 5.74) is 2.53. The zero-order valence-electron chi connectivity index (χ0n) is 24.1. The summed E-state index contributed by atoms with van der Waals surface area (Å²) < 4.78 is 34.1. The lowest BCUT2D eigenvalue weighted by Crippen LogP contribution is -2.30. The van der Waals surface area contributed by atoms with Crippen molar-refractivity contribution in [1.29, 1.82) is 0 Å². The van der Waals surface area contributed by atoms with Crippen LogP contribution in [0.5, 0.6) is 0 Å². The highest BCUT2D eigenvalue weighted by Crippen LogP contribution is 2.35. The van der Waals surface area contributed by atoms with Gasteiger partial charge in [0.2, 0.25) is 0 Å². The van der Waals surface area contributed by atoms with Crippen LogP contribution in [0.15, 0.2) is 54.7 Å². The van der Waals surface area contributed by atoms with E-state index in [9.17, 15) is 18.4 Å². The fourth-order valence-electron chi connectivity index (χ4n) is 4.38. The highest BCUT2D eigenvalue weighted by Gasteiger charge is 2.25. The van der Waals surface area contributed by atoms with E-state index in [2.05, 4.69) is 37.8 Å². The molecule has 4 N–H and O–H groups in total. The first-order chi connectivity index (χ1) is 20.7. The number of aromatic amines is 1. The van der Waals surface area contributed by atoms with Crippen molar-refractivity contribution in [3.8, 4) is 11.3 Å². The normalized spacial score (nSPS) is 11.6. The topological polar surface area (TPSA) is 121 Å². The van der Waals surface area contributed by atoms with Gasteiger partial charge in [-0.1, -0.05) is 37.9 Å². The third kappa shape index (κ3) is 8.07. The number of ether oxygens (including phenoxy) is 1. The molecule has 43 heavy (non-hydrogen) atoms. The lowest BCUT2D eigenvalue weighted by atomic mass is 10.1. The molecule has 2 aromatic heterocycles. The Morgan fingerprint density at radius 1 is 1.09 bits per heavy atom. The van der Waals surface area contributed by atoms with E-state index in [4.69, 9.17) is 16.3 Å². The SMILES string of the molecule is CCCCNc1cc(NC(=O)OCc2ccccn2)ccc1-c1nc(C(CC)NC(=O)c2c(F)cc(C)cc2F)[nH]c1Cl. The van der Waals surface area contributed by atoms with Crippen molar-refractivity contribution in [1.82, 2.24) is 20.3 Å². The molecule has 0 fully saturated rings. The number of benzene rings is 2. The van der Waals surface area contributed by atoms with Crippen LogP contribution in [0.1, 0.15) is 66.6 Å². The van der Waals surface area contributed by atoms with Gasteiger partial charge in [-0.05, 0) is 67.8 Å². The molecule has 0 radical (unpaired) electrons. The van der Waals surface area contributed by atoms with Gasteiger partial charge in [0.1, 0.15) is 40.5 Å². The molecule has 2 amide bonds. The van der Waals surface area contributed by atoms with E-state index >= 15 is 0 Å². The number of unbranched alkanes of at least 4 members (excludes halogenated alkanes) is 1. The molecule has 0 saturated heterocycles. The molecule has 1 atom stereocenters. The molecular formula is C31H33ClF2N6O3. The van der Waals surface area contributed by atoms with Crippen molar-refractivity contribution in [3.05, 3.63) is 94.2 Å². The van der Waals surface area contributed by atoms with Gasteiger partial charge >= 0.3 is 6.09 Å². The van der Waals surface area contributed by atoms with Crippen LogP contribution in [0, 0.1) is 18.6 Å². The van der Waals surface area contributed by atoms with E-state index in [1.54, 1.807) is 50.4 Å². The number of rotatable bonds is 12. The molecule has 4 aromatic rings. The van der Waals surface area contributed by atoms with E-state index in [-0.39, 0.29) is 11.8 Å². The maximum Gasteiger partial charge on any atom is 0.412 e. The Kier molecular flexibility index (Phi) is 10.7. The molecule has 0 aliphatic carbocycles. The van der Waals surface area contributed by atoms with Crippen LogP contribution in [0.4, 0.5) is 25.0 Å². The van der Waals surface area contributed by atoms with Crippen LogP contribution in [0.25, 0.3) is 11.3 Å². The molecule has 0 saturated carbocycles. The second-order valence-electron chi connectivity index (χ2n) is 9.89. The van der Waals surface area contributed by atoms with Crippen LogP contribution < -0.4 is 16.0 Å². The number of carbonyl (C=O) groups is 2. The molecule has 0 spiro atoms. The Morgan fingerprint density at radius 3 is 2.53 bits per heavy atom. The summed E-state index contributed by atoms with van der Waals surface area (Å²) >= 11 is 6.58. The van der Waals surface area contributed by atoms with Gasteiger partial charge in [0, 0.05) is 29.7 Å². The number of anilines is 2. The van der Waals surface area contributed by atoms with Crippen molar-refractivity contribution in [2.75, 3.05) is 17.2 Å². The number of halogens is 3. The molecule has 2 aromatic carbocycles. The fourth-order valence-corrected chi connectivity index (χ4v) is 4.62. The Morgan fingerprint density at radius 2 is 1.86 bits per heavy atom. The second-order valence-corrected chi connectivity index (χ2v) is 10.3. The van der Waals surface area contributed by atoms with Gasteiger partial charge in [-0.25, -0.2) is 18.6 Å². The molecule has 1 unspecified atom stereocenters. The molecule has 12 heteroatoms. The molecule has 4 rings (SSSR count). The van der Waals surface area contributed by atoms with Crippen LogP contribution in [-0.4, -0.2) is 33.5 Å². The predicted octanol–water partition coefficient (Wildman–Crippen LogP) is 7.55. The van der Waals surface area contributed by atoms with Crippen molar-refractivity contribution in [2.45, 2.75) is 52.7 Å². The number of aromatic nitrogens is 3. The number of hydrogen-bond acceptors (Lipinski definition) is 6. The van der Waals surface area contributed by atoms with E-state index < -0.39 is 35.2 Å². The first kappa shape index (κ1) is 31.4. The summed E-state index contributed by atoms with van der Waals surface area (Å²) in [6.45, 7) is 6.10. The third-order valence-corrected chi connectivity index (χ3v) is 6.85. The van der Waals surface area contributed by atoms with Crippen LogP contribution in [0.3, 0.4) is 0 Å². The lowest BCUT2D eigenvalue weighted by Gasteiger charge is -2.16. The fraction of sp³-hybridized carbons (Fsp3) is 0.290. The Balaban J connectivity index is 1.55. The number of imidazole rings is 1. The van der Waals surface area contributed by atoms with Gasteiger partial charge in [-0.3, -0.25) is 15.1 Å². The van der Waals surface area contributed by atoms with Crippen molar-refractivity contribution in [2.24, 2.45) is 0 Å². The standard InChI is InChI=1S/C31H33ClF2N6O3/c1-4-6-12-36-25-16-19(37-31(42)43-17-20-9-7-8-13-35-20)10-11-21(25)27-28(32)40-29(39-27)24(5-2)38-30(41)26-22(33)14-18(3)15-23(26)34/h7-11,13-16,24,36H,4-6,12,17H2,1-3H3,(H,37,42)(H,38,41)(H,39,40). The number of H-pyrrole nitrogens is 1. The average Bonchev–Trinajstić information content (AvgIpc) is 3.36. The smallest absolute Gasteiger partial charge is 0.412 e. The number of pyridine rings is 1. The van der Waals surface area contributed by atoms with Gasteiger partial charge in [0.15, 0.2) is 0 Å². The number of nitrogens with zero attached hydrogens (tertiary/aromatic N) is 2. The zero-order valence-corrected chi connectivity index (χ0v) is 24.8. The summed E-state index contributed by atoms with van der Waals surface area (Å²) in [7, 11) is 0. The van der Waals surface area contributed by atoms with Crippen molar-refractivity contribution < 1.29 is 23.1 Å². The van der Waals surface area contributed by atoms with E-state index in [0.29, 0.717) is 52.7 Å². The number of aryl methyl sites for hydroxylation is 1. The quantitative estimate of drug-likeness (QED) is 0.123. The molecule has 226 valence electrons. The van der Waals surface area contributed by atoms with Gasteiger partial charge in [-0.15, -0.1) is 0 Å².